The first-order chi connectivity index (χ1) is 8.16. The summed E-state index contributed by atoms with van der Waals surface area (Å²) < 4.78 is 0. The Kier molecular flexibility index (Phi) is 3.99. The Balaban J connectivity index is 1.74. The van der Waals surface area contributed by atoms with Crippen molar-refractivity contribution in [2.24, 2.45) is 5.92 Å². The second kappa shape index (κ2) is 5.49. The highest BCUT2D eigenvalue weighted by atomic mass is 16.2. The van der Waals surface area contributed by atoms with E-state index in [0.29, 0.717) is 12.3 Å². The van der Waals surface area contributed by atoms with Crippen molar-refractivity contribution in [3.05, 3.63) is 0 Å². The lowest BCUT2D eigenvalue weighted by molar-refractivity contribution is -0.133. The molecule has 2 N–H and O–H groups in total. The van der Waals surface area contributed by atoms with Crippen molar-refractivity contribution in [1.29, 1.82) is 0 Å². The Morgan fingerprint density at radius 3 is 3.06 bits per heavy atom. The molecule has 0 aromatic carbocycles. The van der Waals surface area contributed by atoms with Gasteiger partial charge in [0.15, 0.2) is 0 Å². The van der Waals surface area contributed by atoms with Gasteiger partial charge in [0.2, 0.25) is 11.8 Å². The highest BCUT2D eigenvalue weighted by Crippen LogP contribution is 2.13. The predicted octanol–water partition coefficient (Wildman–Crippen LogP) is -0.277. The van der Waals surface area contributed by atoms with Gasteiger partial charge in [-0.15, -0.1) is 0 Å². The Hall–Kier alpha value is -1.10. The van der Waals surface area contributed by atoms with E-state index < -0.39 is 0 Å². The minimum absolute atomic E-state index is 0.0281. The molecule has 2 rings (SSSR count). The highest BCUT2D eigenvalue weighted by molar-refractivity contribution is 5.85. The molecule has 5 heteroatoms. The number of carbonyl (C=O) groups is 2. The summed E-state index contributed by atoms with van der Waals surface area (Å²) in [6.07, 6.45) is 2.59. The van der Waals surface area contributed by atoms with Crippen LogP contribution in [0.15, 0.2) is 0 Å². The van der Waals surface area contributed by atoms with E-state index in [9.17, 15) is 9.59 Å². The Morgan fingerprint density at radius 2 is 2.47 bits per heavy atom. The van der Waals surface area contributed by atoms with E-state index in [1.165, 1.54) is 0 Å². The molecule has 2 fully saturated rings. The van der Waals surface area contributed by atoms with E-state index in [-0.39, 0.29) is 24.4 Å². The summed E-state index contributed by atoms with van der Waals surface area (Å²) in [6, 6.07) is 0.190. The maximum absolute atomic E-state index is 11.8. The van der Waals surface area contributed by atoms with Gasteiger partial charge in [0.1, 0.15) is 0 Å². The third kappa shape index (κ3) is 3.19. The van der Waals surface area contributed by atoms with Crippen LogP contribution in [0.3, 0.4) is 0 Å². The van der Waals surface area contributed by atoms with Gasteiger partial charge in [-0.25, -0.2) is 0 Å². The molecular weight excluding hydrogens is 218 g/mol. The van der Waals surface area contributed by atoms with E-state index in [1.807, 2.05) is 6.92 Å². The standard InChI is InChI=1S/C12H21N3O2/c1-9(10-4-5-13-7-10)14-11(16)8-15-6-2-3-12(15)17/h9-10,13H,2-8H2,1H3,(H,14,16). The molecule has 0 radical (unpaired) electrons. The number of nitrogens with zero attached hydrogens (tertiary/aromatic N) is 1. The zero-order valence-electron chi connectivity index (χ0n) is 10.4. The minimum atomic E-state index is -0.0281. The van der Waals surface area contributed by atoms with Gasteiger partial charge in [0.25, 0.3) is 0 Å². The summed E-state index contributed by atoms with van der Waals surface area (Å²) >= 11 is 0. The first-order valence-corrected chi connectivity index (χ1v) is 6.44. The van der Waals surface area contributed by atoms with Crippen LogP contribution in [0, 0.1) is 5.92 Å². The van der Waals surface area contributed by atoms with E-state index in [0.717, 1.165) is 32.5 Å². The second-order valence-electron chi connectivity index (χ2n) is 5.03. The van der Waals surface area contributed by atoms with Crippen LogP contribution in [0.25, 0.3) is 0 Å². The van der Waals surface area contributed by atoms with E-state index >= 15 is 0 Å². The number of likely N-dealkylation sites (tertiary alicyclic amines) is 1. The van der Waals surface area contributed by atoms with Crippen molar-refractivity contribution < 1.29 is 9.59 Å². The number of rotatable bonds is 4. The van der Waals surface area contributed by atoms with Gasteiger partial charge in [0, 0.05) is 19.0 Å². The fourth-order valence-corrected chi connectivity index (χ4v) is 2.57. The van der Waals surface area contributed by atoms with E-state index in [1.54, 1.807) is 4.90 Å². The van der Waals surface area contributed by atoms with Crippen LogP contribution in [0.5, 0.6) is 0 Å². The monoisotopic (exact) mass is 239 g/mol. The van der Waals surface area contributed by atoms with Gasteiger partial charge >= 0.3 is 0 Å². The number of nitrogens with one attached hydrogen (secondary N) is 2. The lowest BCUT2D eigenvalue weighted by Gasteiger charge is -2.22. The molecule has 5 nitrogen and oxygen atoms in total. The van der Waals surface area contributed by atoms with Crippen molar-refractivity contribution in [2.45, 2.75) is 32.2 Å². The fraction of sp³-hybridized carbons (Fsp3) is 0.833. The Morgan fingerprint density at radius 1 is 1.65 bits per heavy atom. The first-order valence-electron chi connectivity index (χ1n) is 6.44. The van der Waals surface area contributed by atoms with Gasteiger partial charge in [-0.3, -0.25) is 9.59 Å². The van der Waals surface area contributed by atoms with Crippen molar-refractivity contribution in [3.63, 3.8) is 0 Å². The van der Waals surface area contributed by atoms with Crippen LogP contribution in [0.4, 0.5) is 0 Å². The number of amides is 2. The molecule has 2 amide bonds. The quantitative estimate of drug-likeness (QED) is 0.709. The summed E-state index contributed by atoms with van der Waals surface area (Å²) in [5.41, 5.74) is 0. The van der Waals surface area contributed by atoms with Crippen molar-refractivity contribution >= 4 is 11.8 Å². The zero-order chi connectivity index (χ0) is 12.3. The average Bonchev–Trinajstić information content (AvgIpc) is 2.90. The van der Waals surface area contributed by atoms with Crippen LogP contribution in [0.2, 0.25) is 0 Å². The summed E-state index contributed by atoms with van der Waals surface area (Å²) in [4.78, 5) is 24.8. The molecule has 2 unspecified atom stereocenters. The molecule has 0 aromatic heterocycles. The Labute approximate surface area is 102 Å². The molecule has 2 saturated heterocycles. The molecule has 2 aliphatic heterocycles. The van der Waals surface area contributed by atoms with Crippen LogP contribution in [0.1, 0.15) is 26.2 Å². The van der Waals surface area contributed by atoms with Gasteiger partial charge in [-0.1, -0.05) is 0 Å². The molecule has 17 heavy (non-hydrogen) atoms. The molecule has 96 valence electrons. The molecule has 0 spiro atoms. The number of carbonyl (C=O) groups excluding carboxylic acids is 2. The predicted molar refractivity (Wildman–Crippen MR) is 64.4 cm³/mol. The molecule has 0 aromatic rings. The smallest absolute Gasteiger partial charge is 0.239 e. The largest absolute Gasteiger partial charge is 0.352 e. The van der Waals surface area contributed by atoms with Crippen LogP contribution in [-0.2, 0) is 9.59 Å². The lowest BCUT2D eigenvalue weighted by Crippen LogP contribution is -2.44. The lowest BCUT2D eigenvalue weighted by atomic mass is 10.0. The molecular formula is C12H21N3O2. The van der Waals surface area contributed by atoms with E-state index in [2.05, 4.69) is 10.6 Å². The third-order valence-corrected chi connectivity index (χ3v) is 3.70. The third-order valence-electron chi connectivity index (χ3n) is 3.70. The summed E-state index contributed by atoms with van der Waals surface area (Å²) in [5, 5.41) is 6.29. The second-order valence-corrected chi connectivity index (χ2v) is 5.03. The van der Waals surface area contributed by atoms with Crippen molar-refractivity contribution in [2.75, 3.05) is 26.2 Å². The molecule has 2 atom stereocenters. The normalized spacial score (nSPS) is 26.3. The molecule has 0 aliphatic carbocycles. The molecule has 2 heterocycles. The molecule has 2 aliphatic rings. The maximum atomic E-state index is 11.8. The summed E-state index contributed by atoms with van der Waals surface area (Å²) in [6.45, 7) is 5.01. The number of hydrogen-bond donors (Lipinski definition) is 2. The van der Waals surface area contributed by atoms with Gasteiger partial charge in [-0.05, 0) is 38.8 Å². The van der Waals surface area contributed by atoms with Gasteiger partial charge < -0.3 is 15.5 Å². The summed E-state index contributed by atoms with van der Waals surface area (Å²) in [5.74, 6) is 0.600. The maximum Gasteiger partial charge on any atom is 0.239 e. The van der Waals surface area contributed by atoms with Gasteiger partial charge in [0.05, 0.1) is 6.54 Å². The average molecular weight is 239 g/mol. The van der Waals surface area contributed by atoms with Crippen molar-refractivity contribution in [1.82, 2.24) is 15.5 Å². The van der Waals surface area contributed by atoms with E-state index in [4.69, 9.17) is 0 Å². The topological polar surface area (TPSA) is 61.4 Å². The van der Waals surface area contributed by atoms with Crippen molar-refractivity contribution in [3.8, 4) is 0 Å². The highest BCUT2D eigenvalue weighted by Gasteiger charge is 2.25. The molecule has 0 bridgehead atoms. The first kappa shape index (κ1) is 12.4. The van der Waals surface area contributed by atoms with Gasteiger partial charge in [-0.2, -0.15) is 0 Å². The SMILES string of the molecule is CC(NC(=O)CN1CCCC1=O)C1CCNC1. The fourth-order valence-electron chi connectivity index (χ4n) is 2.57. The Bertz CT molecular complexity index is 300. The van der Waals surface area contributed by atoms with Crippen LogP contribution >= 0.6 is 0 Å². The van der Waals surface area contributed by atoms with Crippen LogP contribution in [-0.4, -0.2) is 48.9 Å². The summed E-state index contributed by atoms with van der Waals surface area (Å²) in [7, 11) is 0. The molecule has 0 saturated carbocycles. The van der Waals surface area contributed by atoms with Crippen LogP contribution < -0.4 is 10.6 Å². The minimum Gasteiger partial charge on any atom is -0.352 e. The zero-order valence-corrected chi connectivity index (χ0v) is 10.4. The number of hydrogen-bond acceptors (Lipinski definition) is 3.